The molecule has 0 fully saturated rings. The lowest BCUT2D eigenvalue weighted by atomic mass is 10.2. The van der Waals surface area contributed by atoms with Crippen LogP contribution in [-0.4, -0.2) is 18.2 Å². The summed E-state index contributed by atoms with van der Waals surface area (Å²) in [4.78, 5) is 11.0. The molecule has 0 aliphatic rings. The van der Waals surface area contributed by atoms with Crippen molar-refractivity contribution in [3.63, 3.8) is 0 Å². The van der Waals surface area contributed by atoms with Crippen LogP contribution < -0.4 is 4.68 Å². The smallest absolute Gasteiger partial charge is 0.374 e. The Morgan fingerprint density at radius 2 is 2.13 bits per heavy atom. The molecule has 0 aliphatic heterocycles. The fraction of sp³-hybridized carbons (Fsp3) is 0.182. The Hall–Kier alpha value is -1.97. The largest absolute Gasteiger partial charge is 0.464 e. The molecule has 1 aromatic heterocycles. The van der Waals surface area contributed by atoms with Crippen LogP contribution in [0.3, 0.4) is 0 Å². The highest BCUT2D eigenvalue weighted by atomic mass is 16.5. The summed E-state index contributed by atoms with van der Waals surface area (Å²) in [5.74, 6) is -0.303. The number of carbonyl (C=O) groups excluding carboxylic acids is 1. The Kier molecular flexibility index (Phi) is 2.58. The molecule has 15 heavy (non-hydrogen) atoms. The maximum atomic E-state index is 11.0. The second-order valence-electron chi connectivity index (χ2n) is 3.18. The van der Waals surface area contributed by atoms with Crippen LogP contribution in [0.4, 0.5) is 0 Å². The predicted octanol–water partition coefficient (Wildman–Crippen LogP) is 0.695. The van der Waals surface area contributed by atoms with Crippen molar-refractivity contribution >= 4 is 16.7 Å². The van der Waals surface area contributed by atoms with Gasteiger partial charge in [0.2, 0.25) is 6.20 Å². The van der Waals surface area contributed by atoms with Gasteiger partial charge in [-0.15, -0.1) is 0 Å². The summed E-state index contributed by atoms with van der Waals surface area (Å²) in [6.45, 7) is 0.140. The van der Waals surface area contributed by atoms with Crippen molar-refractivity contribution in [3.05, 3.63) is 36.7 Å². The number of ether oxygens (including phenoxy) is 1. The van der Waals surface area contributed by atoms with E-state index in [0.29, 0.717) is 0 Å². The molecule has 1 heterocycles. The van der Waals surface area contributed by atoms with Gasteiger partial charge in [0.15, 0.2) is 0 Å². The van der Waals surface area contributed by atoms with Gasteiger partial charge in [0, 0.05) is 10.8 Å². The molecule has 0 unspecified atom stereocenters. The number of esters is 1. The van der Waals surface area contributed by atoms with E-state index in [-0.39, 0.29) is 12.5 Å². The van der Waals surface area contributed by atoms with E-state index >= 15 is 0 Å². The molecule has 0 N–H and O–H groups in total. The zero-order chi connectivity index (χ0) is 10.7. The molecule has 0 radical (unpaired) electrons. The van der Waals surface area contributed by atoms with Crippen LogP contribution in [0.5, 0.6) is 0 Å². The topological polar surface area (TPSA) is 43.1 Å². The Bertz CT molecular complexity index is 497. The van der Waals surface area contributed by atoms with Crippen molar-refractivity contribution in [1.29, 1.82) is 0 Å². The molecule has 0 atom stereocenters. The fourth-order valence-corrected chi connectivity index (χ4v) is 1.36. The molecule has 76 valence electrons. The Labute approximate surface area is 87.1 Å². The van der Waals surface area contributed by atoms with Crippen LogP contribution in [0.2, 0.25) is 0 Å². The summed E-state index contributed by atoms with van der Waals surface area (Å²) in [7, 11) is 1.37. The average molecular weight is 203 g/mol. The zero-order valence-electron chi connectivity index (χ0n) is 8.38. The Morgan fingerprint density at radius 1 is 1.40 bits per heavy atom. The number of methoxy groups -OCH3 is 1. The number of benzene rings is 1. The van der Waals surface area contributed by atoms with Gasteiger partial charge in [0.25, 0.3) is 6.54 Å². The Balaban J connectivity index is 2.34. The van der Waals surface area contributed by atoms with Gasteiger partial charge in [0.1, 0.15) is 6.20 Å². The SMILES string of the molecule is COC(=O)C[n+]1cc2ccccc2cn1. The zero-order valence-corrected chi connectivity index (χ0v) is 8.38. The van der Waals surface area contributed by atoms with Crippen LogP contribution in [0, 0.1) is 0 Å². The van der Waals surface area contributed by atoms with Crippen molar-refractivity contribution in [2.75, 3.05) is 7.11 Å². The number of nitrogens with zero attached hydrogens (tertiary/aromatic N) is 2. The van der Waals surface area contributed by atoms with E-state index in [0.717, 1.165) is 10.8 Å². The Morgan fingerprint density at radius 3 is 2.87 bits per heavy atom. The number of fused-ring (bicyclic) bond motifs is 1. The molecule has 4 nitrogen and oxygen atoms in total. The quantitative estimate of drug-likeness (QED) is 0.533. The molecule has 0 bridgehead atoms. The van der Waals surface area contributed by atoms with E-state index in [2.05, 4.69) is 9.84 Å². The molecule has 0 amide bonds. The molecule has 0 aliphatic carbocycles. The lowest BCUT2D eigenvalue weighted by Crippen LogP contribution is -2.41. The van der Waals surface area contributed by atoms with Crippen molar-refractivity contribution < 1.29 is 14.2 Å². The highest BCUT2D eigenvalue weighted by molar-refractivity contribution is 5.79. The summed E-state index contributed by atoms with van der Waals surface area (Å²) in [6, 6.07) is 7.86. The van der Waals surface area contributed by atoms with E-state index in [1.165, 1.54) is 7.11 Å². The van der Waals surface area contributed by atoms with Crippen molar-refractivity contribution in [1.82, 2.24) is 5.10 Å². The number of rotatable bonds is 2. The summed E-state index contributed by atoms with van der Waals surface area (Å²) >= 11 is 0. The number of hydrogen-bond acceptors (Lipinski definition) is 3. The molecular weight excluding hydrogens is 192 g/mol. The molecule has 4 heteroatoms. The van der Waals surface area contributed by atoms with Gasteiger partial charge < -0.3 is 4.74 Å². The van der Waals surface area contributed by atoms with Crippen LogP contribution >= 0.6 is 0 Å². The molecular formula is C11H11N2O2+. The molecule has 1 aromatic carbocycles. The lowest BCUT2D eigenvalue weighted by molar-refractivity contribution is -0.742. The van der Waals surface area contributed by atoms with Crippen molar-refractivity contribution in [2.24, 2.45) is 0 Å². The minimum absolute atomic E-state index is 0.140. The average Bonchev–Trinajstić information content (AvgIpc) is 2.29. The maximum absolute atomic E-state index is 11.0. The van der Waals surface area contributed by atoms with E-state index in [9.17, 15) is 4.79 Å². The van der Waals surface area contributed by atoms with Crippen LogP contribution in [0.25, 0.3) is 10.8 Å². The molecule has 0 saturated carbocycles. The first-order valence-corrected chi connectivity index (χ1v) is 4.61. The number of carbonyl (C=O) groups is 1. The van der Waals surface area contributed by atoms with E-state index in [1.54, 1.807) is 10.9 Å². The third-order valence-electron chi connectivity index (χ3n) is 2.15. The van der Waals surface area contributed by atoms with E-state index in [1.807, 2.05) is 30.5 Å². The fourth-order valence-electron chi connectivity index (χ4n) is 1.36. The van der Waals surface area contributed by atoms with Gasteiger partial charge in [0.05, 0.1) is 7.11 Å². The van der Waals surface area contributed by atoms with Gasteiger partial charge in [-0.25, -0.2) is 4.79 Å². The normalized spacial score (nSPS) is 10.2. The first-order chi connectivity index (χ1) is 7.29. The predicted molar refractivity (Wildman–Crippen MR) is 54.0 cm³/mol. The van der Waals surface area contributed by atoms with Crippen molar-refractivity contribution in [2.45, 2.75) is 6.54 Å². The molecule has 2 rings (SSSR count). The second-order valence-corrected chi connectivity index (χ2v) is 3.18. The van der Waals surface area contributed by atoms with Crippen molar-refractivity contribution in [3.8, 4) is 0 Å². The third kappa shape index (κ3) is 2.10. The second kappa shape index (κ2) is 4.04. The summed E-state index contributed by atoms with van der Waals surface area (Å²) < 4.78 is 6.13. The van der Waals surface area contributed by atoms with E-state index < -0.39 is 0 Å². The minimum atomic E-state index is -0.303. The van der Waals surface area contributed by atoms with Gasteiger partial charge in [-0.3, -0.25) is 0 Å². The molecule has 2 aromatic rings. The number of aromatic nitrogens is 2. The highest BCUT2D eigenvalue weighted by Gasteiger charge is 2.11. The van der Waals surface area contributed by atoms with Crippen LogP contribution in [-0.2, 0) is 16.1 Å². The van der Waals surface area contributed by atoms with Crippen LogP contribution in [0.1, 0.15) is 0 Å². The maximum Gasteiger partial charge on any atom is 0.374 e. The van der Waals surface area contributed by atoms with E-state index in [4.69, 9.17) is 0 Å². The minimum Gasteiger partial charge on any atom is -0.464 e. The summed E-state index contributed by atoms with van der Waals surface area (Å²) in [5.41, 5.74) is 0. The standard InChI is InChI=1S/C11H11N2O2/c1-15-11(14)8-13-7-10-5-3-2-4-9(10)6-12-13/h2-7H,8H2,1H3/q+1. The lowest BCUT2D eigenvalue weighted by Gasteiger charge is -1.95. The molecule has 0 saturated heterocycles. The highest BCUT2D eigenvalue weighted by Crippen LogP contribution is 2.07. The van der Waals surface area contributed by atoms with Gasteiger partial charge in [-0.05, 0) is 11.2 Å². The van der Waals surface area contributed by atoms with Gasteiger partial charge >= 0.3 is 5.97 Å². The first kappa shape index (κ1) is 9.58. The van der Waals surface area contributed by atoms with Crippen LogP contribution in [0.15, 0.2) is 36.7 Å². The van der Waals surface area contributed by atoms with Gasteiger partial charge in [-0.1, -0.05) is 22.9 Å². The first-order valence-electron chi connectivity index (χ1n) is 4.61. The summed E-state index contributed by atoms with van der Waals surface area (Å²) in [5, 5.41) is 6.22. The summed E-state index contributed by atoms with van der Waals surface area (Å²) in [6.07, 6.45) is 3.56. The monoisotopic (exact) mass is 203 g/mol. The third-order valence-corrected chi connectivity index (χ3v) is 2.15. The van der Waals surface area contributed by atoms with Gasteiger partial charge in [-0.2, -0.15) is 0 Å². The molecule has 0 spiro atoms. The number of hydrogen-bond donors (Lipinski definition) is 0.